The summed E-state index contributed by atoms with van der Waals surface area (Å²) in [5, 5.41) is 7.10. The number of morpholine rings is 1. The van der Waals surface area contributed by atoms with Crippen molar-refractivity contribution < 1.29 is 9.53 Å². The second-order valence-electron chi connectivity index (χ2n) is 5.07. The lowest BCUT2D eigenvalue weighted by molar-refractivity contribution is 0.102. The van der Waals surface area contributed by atoms with Crippen molar-refractivity contribution in [1.29, 1.82) is 0 Å². The summed E-state index contributed by atoms with van der Waals surface area (Å²) < 4.78 is 6.80. The Morgan fingerprint density at radius 3 is 2.55 bits per heavy atom. The first-order valence-corrected chi connectivity index (χ1v) is 7.44. The van der Waals surface area contributed by atoms with Gasteiger partial charge in [0, 0.05) is 31.5 Å². The monoisotopic (exact) mass is 320 g/mol. The molecule has 1 aliphatic heterocycles. The molecule has 1 amide bonds. The van der Waals surface area contributed by atoms with Crippen molar-refractivity contribution in [1.82, 2.24) is 9.78 Å². The molecule has 116 valence electrons. The zero-order valence-electron chi connectivity index (χ0n) is 12.3. The molecule has 3 rings (SSSR count). The van der Waals surface area contributed by atoms with E-state index >= 15 is 0 Å². The molecule has 1 N–H and O–H groups in total. The average Bonchev–Trinajstić information content (AvgIpc) is 2.88. The molecule has 0 unspecified atom stereocenters. The molecule has 7 heteroatoms. The lowest BCUT2D eigenvalue weighted by Gasteiger charge is -2.28. The Kier molecular flexibility index (Phi) is 4.31. The van der Waals surface area contributed by atoms with Gasteiger partial charge in [0.25, 0.3) is 5.91 Å². The van der Waals surface area contributed by atoms with Crippen LogP contribution in [0, 0.1) is 0 Å². The summed E-state index contributed by atoms with van der Waals surface area (Å²) in [6.07, 6.45) is 1.46. The number of carbonyl (C=O) groups is 1. The van der Waals surface area contributed by atoms with Gasteiger partial charge in [0.2, 0.25) is 0 Å². The minimum absolute atomic E-state index is 0.266. The first-order chi connectivity index (χ1) is 10.6. The molecular weight excluding hydrogens is 304 g/mol. The van der Waals surface area contributed by atoms with Gasteiger partial charge in [-0.15, -0.1) is 0 Å². The van der Waals surface area contributed by atoms with Crippen LogP contribution in [0.5, 0.6) is 0 Å². The third kappa shape index (κ3) is 3.08. The number of aromatic nitrogens is 2. The number of nitrogens with zero attached hydrogens (tertiary/aromatic N) is 3. The quantitative estimate of drug-likeness (QED) is 0.941. The van der Waals surface area contributed by atoms with Gasteiger partial charge in [-0.1, -0.05) is 11.6 Å². The Balaban J connectivity index is 1.68. The van der Waals surface area contributed by atoms with E-state index in [4.69, 9.17) is 16.3 Å². The Morgan fingerprint density at radius 1 is 1.27 bits per heavy atom. The Labute approximate surface area is 133 Å². The summed E-state index contributed by atoms with van der Waals surface area (Å²) in [6, 6.07) is 7.75. The highest BCUT2D eigenvalue weighted by Crippen LogP contribution is 2.20. The summed E-state index contributed by atoms with van der Waals surface area (Å²) in [6.45, 7) is 3.27. The molecular formula is C15H17ClN4O2. The van der Waals surface area contributed by atoms with Crippen molar-refractivity contribution in [2.24, 2.45) is 7.05 Å². The summed E-state index contributed by atoms with van der Waals surface area (Å²) in [5.41, 5.74) is 2.21. The summed E-state index contributed by atoms with van der Waals surface area (Å²) in [7, 11) is 1.69. The molecule has 2 aromatic rings. The molecule has 2 heterocycles. The van der Waals surface area contributed by atoms with Crippen LogP contribution in [0.3, 0.4) is 0 Å². The highest BCUT2D eigenvalue weighted by atomic mass is 35.5. The summed E-state index contributed by atoms with van der Waals surface area (Å²) in [5.74, 6) is -0.266. The number of hydrogen-bond acceptors (Lipinski definition) is 4. The molecule has 6 nitrogen and oxygen atoms in total. The molecule has 1 aliphatic rings. The second kappa shape index (κ2) is 6.37. The lowest BCUT2D eigenvalue weighted by atomic mass is 10.2. The van der Waals surface area contributed by atoms with Gasteiger partial charge in [0.05, 0.1) is 25.0 Å². The topological polar surface area (TPSA) is 59.4 Å². The maximum atomic E-state index is 12.2. The van der Waals surface area contributed by atoms with E-state index in [1.165, 1.54) is 10.9 Å². The summed E-state index contributed by atoms with van der Waals surface area (Å²) in [4.78, 5) is 14.4. The molecule has 22 heavy (non-hydrogen) atoms. The van der Waals surface area contributed by atoms with Crippen molar-refractivity contribution in [3.05, 3.63) is 41.2 Å². The van der Waals surface area contributed by atoms with Crippen LogP contribution in [0.15, 0.2) is 30.5 Å². The van der Waals surface area contributed by atoms with Gasteiger partial charge in [0.1, 0.15) is 5.15 Å². The van der Waals surface area contributed by atoms with Gasteiger partial charge in [-0.25, -0.2) is 0 Å². The molecule has 1 aromatic heterocycles. The molecule has 0 saturated carbocycles. The molecule has 0 radical (unpaired) electrons. The predicted octanol–water partition coefficient (Wildman–Crippen LogP) is 2.16. The number of benzene rings is 1. The van der Waals surface area contributed by atoms with Crippen molar-refractivity contribution in [3.63, 3.8) is 0 Å². The van der Waals surface area contributed by atoms with Crippen molar-refractivity contribution in [3.8, 4) is 0 Å². The number of rotatable bonds is 3. The molecule has 1 fully saturated rings. The zero-order valence-corrected chi connectivity index (χ0v) is 13.0. The fourth-order valence-electron chi connectivity index (χ4n) is 2.35. The molecule has 0 aliphatic carbocycles. The Hall–Kier alpha value is -2.05. The van der Waals surface area contributed by atoms with Gasteiger partial charge < -0.3 is 15.0 Å². The molecule has 0 spiro atoms. The van der Waals surface area contributed by atoms with E-state index < -0.39 is 0 Å². The smallest absolute Gasteiger partial charge is 0.260 e. The maximum absolute atomic E-state index is 12.2. The van der Waals surface area contributed by atoms with Gasteiger partial charge in [-0.05, 0) is 24.3 Å². The van der Waals surface area contributed by atoms with E-state index in [1.807, 2.05) is 24.3 Å². The van der Waals surface area contributed by atoms with Crippen LogP contribution in [0.1, 0.15) is 10.4 Å². The summed E-state index contributed by atoms with van der Waals surface area (Å²) >= 11 is 6.02. The second-order valence-corrected chi connectivity index (χ2v) is 5.43. The van der Waals surface area contributed by atoms with Gasteiger partial charge in [-0.3, -0.25) is 9.48 Å². The number of anilines is 2. The first-order valence-electron chi connectivity index (χ1n) is 7.07. The normalized spacial score (nSPS) is 14.9. The fraction of sp³-hybridized carbons (Fsp3) is 0.333. The van der Waals surface area contributed by atoms with Crippen LogP contribution >= 0.6 is 11.6 Å². The third-order valence-corrected chi connectivity index (χ3v) is 4.06. The van der Waals surface area contributed by atoms with E-state index in [-0.39, 0.29) is 5.91 Å². The predicted molar refractivity (Wildman–Crippen MR) is 85.6 cm³/mol. The molecule has 0 atom stereocenters. The standard InChI is InChI=1S/C15H17ClN4O2/c1-19-14(16)13(10-17-19)15(21)18-11-2-4-12(5-3-11)20-6-8-22-9-7-20/h2-5,10H,6-9H2,1H3,(H,18,21). The number of ether oxygens (including phenoxy) is 1. The Morgan fingerprint density at radius 2 is 1.95 bits per heavy atom. The van der Waals surface area contributed by atoms with E-state index in [1.54, 1.807) is 7.05 Å². The SMILES string of the molecule is Cn1ncc(C(=O)Nc2ccc(N3CCOCC3)cc2)c1Cl. The van der Waals surface area contributed by atoms with Crippen LogP contribution in [0.25, 0.3) is 0 Å². The number of aryl methyl sites for hydroxylation is 1. The van der Waals surface area contributed by atoms with Crippen molar-refractivity contribution in [2.45, 2.75) is 0 Å². The number of nitrogens with one attached hydrogen (secondary N) is 1. The zero-order chi connectivity index (χ0) is 15.5. The minimum Gasteiger partial charge on any atom is -0.378 e. The number of halogens is 1. The maximum Gasteiger partial charge on any atom is 0.260 e. The highest BCUT2D eigenvalue weighted by molar-refractivity contribution is 6.33. The first kappa shape index (κ1) is 14.9. The van der Waals surface area contributed by atoms with E-state index in [0.717, 1.165) is 37.7 Å². The van der Waals surface area contributed by atoms with Crippen molar-refractivity contribution >= 4 is 28.9 Å². The van der Waals surface area contributed by atoms with Crippen LogP contribution in [-0.2, 0) is 11.8 Å². The van der Waals surface area contributed by atoms with E-state index in [0.29, 0.717) is 10.7 Å². The highest BCUT2D eigenvalue weighted by Gasteiger charge is 2.15. The number of carbonyl (C=O) groups excluding carboxylic acids is 1. The van der Waals surface area contributed by atoms with Gasteiger partial charge in [0.15, 0.2) is 0 Å². The fourth-order valence-corrected chi connectivity index (χ4v) is 2.53. The van der Waals surface area contributed by atoms with Crippen LogP contribution < -0.4 is 10.2 Å². The molecule has 1 saturated heterocycles. The lowest BCUT2D eigenvalue weighted by Crippen LogP contribution is -2.36. The van der Waals surface area contributed by atoms with Gasteiger partial charge in [-0.2, -0.15) is 5.10 Å². The van der Waals surface area contributed by atoms with Crippen LogP contribution in [0.2, 0.25) is 5.15 Å². The van der Waals surface area contributed by atoms with Gasteiger partial charge >= 0.3 is 0 Å². The minimum atomic E-state index is -0.266. The van der Waals surface area contributed by atoms with Crippen molar-refractivity contribution in [2.75, 3.05) is 36.5 Å². The van der Waals surface area contributed by atoms with E-state index in [9.17, 15) is 4.79 Å². The third-order valence-electron chi connectivity index (χ3n) is 3.61. The molecule has 1 aromatic carbocycles. The van der Waals surface area contributed by atoms with Crippen LogP contribution in [-0.4, -0.2) is 42.0 Å². The van der Waals surface area contributed by atoms with E-state index in [2.05, 4.69) is 15.3 Å². The van der Waals surface area contributed by atoms with Crippen LogP contribution in [0.4, 0.5) is 11.4 Å². The number of hydrogen-bond donors (Lipinski definition) is 1. The molecule has 0 bridgehead atoms. The number of amides is 1. The largest absolute Gasteiger partial charge is 0.378 e. The Bertz CT molecular complexity index is 663. The average molecular weight is 321 g/mol.